The number of amides is 1. The van der Waals surface area contributed by atoms with Crippen LogP contribution in [-0.2, 0) is 6.42 Å². The van der Waals surface area contributed by atoms with Crippen molar-refractivity contribution in [2.75, 3.05) is 5.73 Å². The van der Waals surface area contributed by atoms with Crippen LogP contribution in [-0.4, -0.2) is 11.9 Å². The zero-order valence-corrected chi connectivity index (χ0v) is 12.1. The number of benzene rings is 1. The molecule has 3 N–H and O–H groups in total. The van der Waals surface area contributed by atoms with Gasteiger partial charge < -0.3 is 11.1 Å². The third-order valence-corrected chi connectivity index (χ3v) is 3.63. The van der Waals surface area contributed by atoms with Gasteiger partial charge in [-0.2, -0.15) is 11.3 Å². The molecule has 1 aromatic heterocycles. The third kappa shape index (κ3) is 3.98. The van der Waals surface area contributed by atoms with E-state index in [0.29, 0.717) is 16.3 Å². The normalized spacial score (nSPS) is 12.1. The average molecular weight is 295 g/mol. The molecule has 0 saturated heterocycles. The molecule has 0 aliphatic heterocycles. The molecule has 1 heterocycles. The molecule has 1 amide bonds. The Bertz CT molecular complexity index is 549. The van der Waals surface area contributed by atoms with E-state index in [1.54, 1.807) is 29.5 Å². The van der Waals surface area contributed by atoms with E-state index in [2.05, 4.69) is 16.8 Å². The van der Waals surface area contributed by atoms with Gasteiger partial charge in [0.2, 0.25) is 0 Å². The zero-order chi connectivity index (χ0) is 13.8. The lowest BCUT2D eigenvalue weighted by Crippen LogP contribution is -2.34. The standard InChI is InChI=1S/C14H15ClN2OS/c1-9(4-10-2-3-19-8-10)17-14(18)11-5-12(15)7-13(16)6-11/h2-3,5-9H,4,16H2,1H3,(H,17,18). The predicted molar refractivity (Wildman–Crippen MR) is 80.8 cm³/mol. The van der Waals surface area contributed by atoms with Crippen LogP contribution in [0.4, 0.5) is 5.69 Å². The van der Waals surface area contributed by atoms with Gasteiger partial charge in [0.25, 0.3) is 5.91 Å². The predicted octanol–water partition coefficient (Wildman–Crippen LogP) is 3.34. The molecule has 0 aliphatic carbocycles. The van der Waals surface area contributed by atoms with E-state index in [1.165, 1.54) is 5.56 Å². The monoisotopic (exact) mass is 294 g/mol. The summed E-state index contributed by atoms with van der Waals surface area (Å²) in [6.07, 6.45) is 0.811. The van der Waals surface area contributed by atoms with Gasteiger partial charge in [0.1, 0.15) is 0 Å². The minimum Gasteiger partial charge on any atom is -0.399 e. The molecule has 19 heavy (non-hydrogen) atoms. The third-order valence-electron chi connectivity index (χ3n) is 2.68. The Labute approximate surface area is 121 Å². The number of nitrogens with two attached hydrogens (primary N) is 1. The van der Waals surface area contributed by atoms with Crippen molar-refractivity contribution in [2.45, 2.75) is 19.4 Å². The molecule has 3 nitrogen and oxygen atoms in total. The number of nitrogens with one attached hydrogen (secondary N) is 1. The van der Waals surface area contributed by atoms with Gasteiger partial charge >= 0.3 is 0 Å². The largest absolute Gasteiger partial charge is 0.399 e. The number of hydrogen-bond acceptors (Lipinski definition) is 3. The van der Waals surface area contributed by atoms with E-state index in [-0.39, 0.29) is 11.9 Å². The summed E-state index contributed by atoms with van der Waals surface area (Å²) in [5.74, 6) is -0.156. The van der Waals surface area contributed by atoms with Crippen molar-refractivity contribution in [3.05, 3.63) is 51.2 Å². The van der Waals surface area contributed by atoms with Crippen molar-refractivity contribution in [1.29, 1.82) is 0 Å². The van der Waals surface area contributed by atoms with Crippen molar-refractivity contribution >= 4 is 34.5 Å². The van der Waals surface area contributed by atoms with Gasteiger partial charge in [-0.1, -0.05) is 11.6 Å². The van der Waals surface area contributed by atoms with Crippen LogP contribution in [0.3, 0.4) is 0 Å². The Hall–Kier alpha value is -1.52. The quantitative estimate of drug-likeness (QED) is 0.850. The molecule has 2 aromatic rings. The van der Waals surface area contributed by atoms with E-state index in [4.69, 9.17) is 17.3 Å². The minimum absolute atomic E-state index is 0.0577. The van der Waals surface area contributed by atoms with Crippen LogP contribution in [0.25, 0.3) is 0 Å². The van der Waals surface area contributed by atoms with Gasteiger partial charge in [0.05, 0.1) is 0 Å². The fourth-order valence-corrected chi connectivity index (χ4v) is 2.79. The van der Waals surface area contributed by atoms with Crippen molar-refractivity contribution in [3.63, 3.8) is 0 Å². The molecule has 1 atom stereocenters. The van der Waals surface area contributed by atoms with Crippen molar-refractivity contribution in [3.8, 4) is 0 Å². The second-order valence-corrected chi connectivity index (χ2v) is 5.70. The van der Waals surface area contributed by atoms with Gasteiger partial charge in [0, 0.05) is 22.3 Å². The van der Waals surface area contributed by atoms with Gasteiger partial charge in [0.15, 0.2) is 0 Å². The molecule has 5 heteroatoms. The van der Waals surface area contributed by atoms with E-state index in [9.17, 15) is 4.79 Å². The van der Waals surface area contributed by atoms with E-state index >= 15 is 0 Å². The average Bonchev–Trinajstić information content (AvgIpc) is 2.80. The number of thiophene rings is 1. The number of carbonyl (C=O) groups excluding carboxylic acids is 1. The summed E-state index contributed by atoms with van der Waals surface area (Å²) in [6, 6.07) is 6.98. The van der Waals surface area contributed by atoms with Crippen LogP contribution in [0, 0.1) is 0 Å². The Morgan fingerprint density at radius 2 is 2.26 bits per heavy atom. The topological polar surface area (TPSA) is 55.1 Å². The Morgan fingerprint density at radius 3 is 2.89 bits per heavy atom. The second-order valence-electron chi connectivity index (χ2n) is 4.48. The van der Waals surface area contributed by atoms with E-state index in [1.807, 2.05) is 12.3 Å². The molecular weight excluding hydrogens is 280 g/mol. The Balaban J connectivity index is 2.00. The Morgan fingerprint density at radius 1 is 1.47 bits per heavy atom. The van der Waals surface area contributed by atoms with Gasteiger partial charge in [-0.15, -0.1) is 0 Å². The number of carbonyl (C=O) groups is 1. The molecule has 0 aliphatic rings. The lowest BCUT2D eigenvalue weighted by molar-refractivity contribution is 0.0940. The highest BCUT2D eigenvalue weighted by Crippen LogP contribution is 2.17. The van der Waals surface area contributed by atoms with Crippen molar-refractivity contribution < 1.29 is 4.79 Å². The smallest absolute Gasteiger partial charge is 0.251 e. The van der Waals surface area contributed by atoms with Crippen LogP contribution < -0.4 is 11.1 Å². The fourth-order valence-electron chi connectivity index (χ4n) is 1.86. The zero-order valence-electron chi connectivity index (χ0n) is 10.5. The second kappa shape index (κ2) is 6.08. The first-order chi connectivity index (χ1) is 9.04. The summed E-state index contributed by atoms with van der Waals surface area (Å²) in [5, 5.41) is 7.52. The lowest BCUT2D eigenvalue weighted by atomic mass is 10.1. The highest BCUT2D eigenvalue weighted by Gasteiger charge is 2.11. The van der Waals surface area contributed by atoms with E-state index < -0.39 is 0 Å². The highest BCUT2D eigenvalue weighted by atomic mass is 35.5. The molecule has 0 saturated carbocycles. The maximum Gasteiger partial charge on any atom is 0.251 e. The lowest BCUT2D eigenvalue weighted by Gasteiger charge is -2.13. The highest BCUT2D eigenvalue weighted by molar-refractivity contribution is 7.07. The van der Waals surface area contributed by atoms with Crippen LogP contribution in [0.5, 0.6) is 0 Å². The number of halogens is 1. The van der Waals surface area contributed by atoms with Crippen molar-refractivity contribution in [1.82, 2.24) is 5.32 Å². The molecule has 0 spiro atoms. The van der Waals surface area contributed by atoms with Gasteiger partial charge in [-0.25, -0.2) is 0 Å². The summed E-state index contributed by atoms with van der Waals surface area (Å²) in [7, 11) is 0. The molecule has 0 bridgehead atoms. The summed E-state index contributed by atoms with van der Waals surface area (Å²) in [6.45, 7) is 1.98. The summed E-state index contributed by atoms with van der Waals surface area (Å²) >= 11 is 7.54. The van der Waals surface area contributed by atoms with Crippen LogP contribution >= 0.6 is 22.9 Å². The van der Waals surface area contributed by atoms with Crippen LogP contribution in [0.15, 0.2) is 35.0 Å². The number of nitrogen functional groups attached to an aromatic ring is 1. The number of rotatable bonds is 4. The first-order valence-corrected chi connectivity index (χ1v) is 7.24. The Kier molecular flexibility index (Phi) is 4.45. The van der Waals surface area contributed by atoms with Gasteiger partial charge in [-0.3, -0.25) is 4.79 Å². The maximum atomic E-state index is 12.1. The maximum absolute atomic E-state index is 12.1. The summed E-state index contributed by atoms with van der Waals surface area (Å²) < 4.78 is 0. The van der Waals surface area contributed by atoms with Crippen LogP contribution in [0.2, 0.25) is 5.02 Å². The van der Waals surface area contributed by atoms with E-state index in [0.717, 1.165) is 6.42 Å². The van der Waals surface area contributed by atoms with Gasteiger partial charge in [-0.05, 0) is 53.9 Å². The number of anilines is 1. The molecule has 1 unspecified atom stereocenters. The molecule has 0 fully saturated rings. The summed E-state index contributed by atoms with van der Waals surface area (Å²) in [4.78, 5) is 12.1. The molecule has 0 radical (unpaired) electrons. The van der Waals surface area contributed by atoms with Crippen LogP contribution in [0.1, 0.15) is 22.8 Å². The summed E-state index contributed by atoms with van der Waals surface area (Å²) in [5.41, 5.74) is 7.88. The molecule has 2 rings (SSSR count). The fraction of sp³-hybridized carbons (Fsp3) is 0.214. The first-order valence-electron chi connectivity index (χ1n) is 5.92. The first kappa shape index (κ1) is 13.9. The number of hydrogen-bond donors (Lipinski definition) is 2. The minimum atomic E-state index is -0.156. The molecular formula is C14H15ClN2OS. The SMILES string of the molecule is CC(Cc1ccsc1)NC(=O)c1cc(N)cc(Cl)c1. The molecule has 1 aromatic carbocycles. The molecule has 100 valence electrons. The van der Waals surface area contributed by atoms with Crippen molar-refractivity contribution in [2.24, 2.45) is 0 Å².